The third kappa shape index (κ3) is 4.98. The molecule has 0 aliphatic carbocycles. The van der Waals surface area contributed by atoms with Crippen LogP contribution in [0.2, 0.25) is 10.0 Å². The van der Waals surface area contributed by atoms with Gasteiger partial charge in [-0.15, -0.1) is 0 Å². The number of carbonyl (C=O) groups excluding carboxylic acids is 2. The summed E-state index contributed by atoms with van der Waals surface area (Å²) in [4.78, 5) is 24.8. The summed E-state index contributed by atoms with van der Waals surface area (Å²) in [7, 11) is 3.00. The first-order valence-corrected chi connectivity index (χ1v) is 11.8. The van der Waals surface area contributed by atoms with Crippen molar-refractivity contribution in [3.05, 3.63) is 34.3 Å². The third-order valence-electron chi connectivity index (χ3n) is 6.48. The highest BCUT2D eigenvalue weighted by molar-refractivity contribution is 6.38. The maximum absolute atomic E-state index is 13.1. The van der Waals surface area contributed by atoms with Crippen LogP contribution in [0.25, 0.3) is 0 Å². The van der Waals surface area contributed by atoms with Crippen LogP contribution in [0, 0.1) is 5.92 Å². The fourth-order valence-electron chi connectivity index (χ4n) is 4.69. The minimum Gasteiger partial charge on any atom is -0.495 e. The number of nitrogens with one attached hydrogen (secondary N) is 5. The first-order valence-electron chi connectivity index (χ1n) is 11.0. The minimum atomic E-state index is -0.555. The first kappa shape index (κ1) is 25.0. The molecular weight excluding hydrogens is 485 g/mol. The Morgan fingerprint density at radius 1 is 1.21 bits per heavy atom. The Morgan fingerprint density at radius 2 is 1.88 bits per heavy atom. The fraction of sp³-hybridized carbons (Fsp3) is 0.545. The molecule has 1 aromatic carbocycles. The van der Waals surface area contributed by atoms with Gasteiger partial charge in [-0.2, -0.15) is 0 Å². The van der Waals surface area contributed by atoms with Crippen molar-refractivity contribution < 1.29 is 23.8 Å². The van der Waals surface area contributed by atoms with Crippen molar-refractivity contribution in [2.75, 3.05) is 34.0 Å². The number of hydrogen-bond donors (Lipinski definition) is 5. The van der Waals surface area contributed by atoms with Crippen LogP contribution in [0.4, 0.5) is 0 Å². The second-order valence-corrected chi connectivity index (χ2v) is 9.25. The molecule has 6 atom stereocenters. The molecule has 0 saturated carbocycles. The van der Waals surface area contributed by atoms with Crippen molar-refractivity contribution in [1.29, 1.82) is 0 Å². The highest BCUT2D eigenvalue weighted by atomic mass is 35.5. The van der Waals surface area contributed by atoms with E-state index >= 15 is 0 Å². The molecule has 0 bridgehead atoms. The van der Waals surface area contributed by atoms with Crippen LogP contribution in [0.3, 0.4) is 0 Å². The van der Waals surface area contributed by atoms with E-state index in [1.165, 1.54) is 20.3 Å². The minimum absolute atomic E-state index is 0.0844. The van der Waals surface area contributed by atoms with Gasteiger partial charge in [0.2, 0.25) is 11.8 Å². The average Bonchev–Trinajstić information content (AvgIpc) is 3.25. The van der Waals surface area contributed by atoms with Crippen LogP contribution in [0.5, 0.6) is 11.5 Å². The van der Waals surface area contributed by atoms with Crippen molar-refractivity contribution in [3.63, 3.8) is 0 Å². The van der Waals surface area contributed by atoms with E-state index in [1.54, 1.807) is 6.07 Å². The Balaban J connectivity index is 1.44. The zero-order valence-electron chi connectivity index (χ0n) is 19.0. The molecule has 3 aliphatic rings. The van der Waals surface area contributed by atoms with E-state index in [1.807, 2.05) is 0 Å². The van der Waals surface area contributed by atoms with E-state index in [0.29, 0.717) is 53.3 Å². The summed E-state index contributed by atoms with van der Waals surface area (Å²) in [6.07, 6.45) is 1.23. The molecule has 3 fully saturated rings. The number of methoxy groups -OCH3 is 2. The molecule has 0 spiro atoms. The van der Waals surface area contributed by atoms with Crippen LogP contribution in [0.15, 0.2) is 18.7 Å². The highest BCUT2D eigenvalue weighted by Gasteiger charge is 2.43. The zero-order valence-corrected chi connectivity index (χ0v) is 20.5. The second kappa shape index (κ2) is 10.7. The topological polar surface area (TPSA) is 122 Å². The van der Waals surface area contributed by atoms with E-state index < -0.39 is 5.92 Å². The molecule has 12 heteroatoms. The summed E-state index contributed by atoms with van der Waals surface area (Å²) in [5.74, 6) is -0.109. The van der Waals surface area contributed by atoms with Crippen molar-refractivity contribution in [1.82, 2.24) is 26.6 Å². The van der Waals surface area contributed by atoms with Gasteiger partial charge < -0.3 is 24.8 Å². The summed E-state index contributed by atoms with van der Waals surface area (Å²) in [5, 5.41) is 16.8. The summed E-state index contributed by atoms with van der Waals surface area (Å²) in [6.45, 7) is 5.00. The molecule has 3 heterocycles. The molecule has 5 N–H and O–H groups in total. The number of hydrogen-bond acceptors (Lipinski definition) is 8. The Hall–Kier alpha value is -2.08. The third-order valence-corrected chi connectivity index (χ3v) is 7.26. The molecule has 3 aliphatic heterocycles. The number of amides is 2. The lowest BCUT2D eigenvalue weighted by Crippen LogP contribution is -2.72. The van der Waals surface area contributed by atoms with Gasteiger partial charge >= 0.3 is 0 Å². The summed E-state index contributed by atoms with van der Waals surface area (Å²) >= 11 is 13.1. The van der Waals surface area contributed by atoms with Gasteiger partial charge in [-0.05, 0) is 12.5 Å². The molecule has 0 aromatic heterocycles. The van der Waals surface area contributed by atoms with Crippen LogP contribution >= 0.6 is 23.2 Å². The Kier molecular flexibility index (Phi) is 7.86. The largest absolute Gasteiger partial charge is 0.495 e. The molecule has 0 radical (unpaired) electrons. The summed E-state index contributed by atoms with van der Waals surface area (Å²) in [5.41, 5.74) is 0.500. The van der Waals surface area contributed by atoms with Gasteiger partial charge in [0, 0.05) is 24.1 Å². The summed E-state index contributed by atoms with van der Waals surface area (Å²) < 4.78 is 16.2. The smallest absolute Gasteiger partial charge is 0.243 e. The quantitative estimate of drug-likeness (QED) is 0.337. The van der Waals surface area contributed by atoms with E-state index in [0.717, 1.165) is 0 Å². The Labute approximate surface area is 208 Å². The van der Waals surface area contributed by atoms with Crippen molar-refractivity contribution in [2.45, 2.75) is 36.9 Å². The van der Waals surface area contributed by atoms with Crippen LogP contribution < -0.4 is 36.1 Å². The molecule has 10 nitrogen and oxygen atoms in total. The number of rotatable bonds is 7. The van der Waals surface area contributed by atoms with Gasteiger partial charge in [-0.3, -0.25) is 25.5 Å². The molecule has 34 heavy (non-hydrogen) atoms. The molecular formula is C22H29Cl2N5O5. The maximum atomic E-state index is 13.1. The number of carbonyl (C=O) groups is 2. The molecule has 4 rings (SSSR count). The van der Waals surface area contributed by atoms with Crippen LogP contribution in [-0.4, -0.2) is 70.3 Å². The number of benzene rings is 1. The van der Waals surface area contributed by atoms with Crippen LogP contribution in [-0.2, 0) is 14.3 Å². The van der Waals surface area contributed by atoms with Gasteiger partial charge in [0.05, 0.1) is 61.6 Å². The number of piperidine rings is 1. The van der Waals surface area contributed by atoms with Gasteiger partial charge in [0.15, 0.2) is 0 Å². The first-order chi connectivity index (χ1) is 16.4. The molecule has 3 saturated heterocycles. The van der Waals surface area contributed by atoms with Gasteiger partial charge in [-0.25, -0.2) is 0 Å². The lowest BCUT2D eigenvalue weighted by Gasteiger charge is -2.44. The zero-order chi connectivity index (χ0) is 24.4. The standard InChI is InChI=1S/C22H29Cl2N5O5/c1-4-16(30)26-12-8-34-9-13(12)27-22-25-7-10-5-11(21(31)28-20(10)29-22)17-18(23)14(32-2)6-15(33-3)19(17)24/h4,6,10-13,20,22,25,27,29H,1,5,7-9H2,2-3H3,(H,26,30)(H,28,31)/t10?,11?,12-,13+,20?,22?/m0/s1. The normalized spacial score (nSPS) is 30.8. The Bertz CT molecular complexity index is 936. The molecule has 4 unspecified atom stereocenters. The SMILES string of the molecule is C=CC(=O)N[C@H]1COC[C@H]1NC1NCC2CC(c3c(Cl)c(OC)cc(OC)c3Cl)C(=O)NC2N1. The fourth-order valence-corrected chi connectivity index (χ4v) is 5.45. The monoisotopic (exact) mass is 513 g/mol. The van der Waals surface area contributed by atoms with Gasteiger partial charge in [0.1, 0.15) is 17.8 Å². The Morgan fingerprint density at radius 3 is 2.53 bits per heavy atom. The maximum Gasteiger partial charge on any atom is 0.243 e. The predicted octanol–water partition coefficient (Wildman–Crippen LogP) is 0.692. The summed E-state index contributed by atoms with van der Waals surface area (Å²) in [6, 6.07) is 1.33. The highest BCUT2D eigenvalue weighted by Crippen LogP contribution is 2.46. The van der Waals surface area contributed by atoms with Gasteiger partial charge in [-0.1, -0.05) is 29.8 Å². The number of ether oxygens (including phenoxy) is 3. The van der Waals surface area contributed by atoms with Crippen LogP contribution in [0.1, 0.15) is 17.9 Å². The average molecular weight is 514 g/mol. The van der Waals surface area contributed by atoms with Crippen molar-refractivity contribution >= 4 is 35.0 Å². The van der Waals surface area contributed by atoms with Crippen molar-refractivity contribution in [2.24, 2.45) is 5.92 Å². The number of halogens is 2. The van der Waals surface area contributed by atoms with E-state index in [-0.39, 0.29) is 42.3 Å². The molecule has 186 valence electrons. The second-order valence-electron chi connectivity index (χ2n) is 8.50. The lowest BCUT2D eigenvalue weighted by molar-refractivity contribution is -0.127. The molecule has 2 amide bonds. The van der Waals surface area contributed by atoms with Crippen molar-refractivity contribution in [3.8, 4) is 11.5 Å². The number of fused-ring (bicyclic) bond motifs is 1. The molecule has 1 aromatic rings. The van der Waals surface area contributed by atoms with E-state index in [2.05, 4.69) is 33.2 Å². The predicted molar refractivity (Wildman–Crippen MR) is 127 cm³/mol. The van der Waals surface area contributed by atoms with E-state index in [9.17, 15) is 9.59 Å². The van der Waals surface area contributed by atoms with E-state index in [4.69, 9.17) is 37.4 Å². The lowest BCUT2D eigenvalue weighted by atomic mass is 9.82. The van der Waals surface area contributed by atoms with Gasteiger partial charge in [0.25, 0.3) is 0 Å².